The highest BCUT2D eigenvalue weighted by atomic mass is 16.7. The van der Waals surface area contributed by atoms with Crippen molar-refractivity contribution in [2.24, 2.45) is 5.92 Å². The molecule has 0 aliphatic carbocycles. The van der Waals surface area contributed by atoms with Crippen LogP contribution < -0.4 is 0 Å². The maximum atomic E-state index is 14.1. The van der Waals surface area contributed by atoms with Crippen molar-refractivity contribution < 1.29 is 53.0 Å². The number of nitrogens with zero attached hydrogens (tertiary/aromatic N) is 1. The fourth-order valence-corrected chi connectivity index (χ4v) is 8.32. The third-order valence-electron chi connectivity index (χ3n) is 12.0. The van der Waals surface area contributed by atoms with Gasteiger partial charge in [-0.2, -0.15) is 0 Å². The topological polar surface area (TPSA) is 142 Å². The van der Waals surface area contributed by atoms with Gasteiger partial charge in [-0.1, -0.05) is 182 Å². The first-order chi connectivity index (χ1) is 32.6. The molecular formula is C56H85NO11. The molecule has 8 atom stereocenters. The molecule has 2 N–H and O–H groups in total. The van der Waals surface area contributed by atoms with Gasteiger partial charge in [-0.15, -0.1) is 0 Å². The Labute approximate surface area is 408 Å². The van der Waals surface area contributed by atoms with E-state index >= 15 is 0 Å². The van der Waals surface area contributed by atoms with Crippen LogP contribution in [-0.2, 0) is 53.0 Å². The Kier molecular flexibility index (Phi) is 25.0. The summed E-state index contributed by atoms with van der Waals surface area (Å²) in [5, 5.41) is 23.7. The monoisotopic (exact) mass is 948 g/mol. The van der Waals surface area contributed by atoms with Crippen molar-refractivity contribution in [3.8, 4) is 0 Å². The molecule has 3 aromatic carbocycles. The number of imide groups is 1. The number of benzene rings is 3. The number of amides is 2. The molecule has 0 spiro atoms. The highest BCUT2D eigenvalue weighted by Gasteiger charge is 2.48. The lowest BCUT2D eigenvalue weighted by molar-refractivity contribution is -0.305. The summed E-state index contributed by atoms with van der Waals surface area (Å²) in [7, 11) is 0. The summed E-state index contributed by atoms with van der Waals surface area (Å²) in [6.45, 7) is 14.9. The van der Waals surface area contributed by atoms with Crippen LogP contribution >= 0.6 is 0 Å². The van der Waals surface area contributed by atoms with Crippen LogP contribution in [0.15, 0.2) is 91.0 Å². The van der Waals surface area contributed by atoms with Crippen molar-refractivity contribution in [1.82, 2.24) is 4.90 Å². The number of carbonyl (C=O) groups excluding carboxylic acids is 2. The lowest BCUT2D eigenvalue weighted by Gasteiger charge is -2.46. The largest absolute Gasteiger partial charge is 0.443 e. The van der Waals surface area contributed by atoms with Gasteiger partial charge in [0.15, 0.2) is 6.29 Å². The zero-order valence-corrected chi connectivity index (χ0v) is 42.5. The van der Waals surface area contributed by atoms with Gasteiger partial charge in [0, 0.05) is 5.92 Å². The van der Waals surface area contributed by atoms with E-state index in [-0.39, 0.29) is 19.6 Å². The first kappa shape index (κ1) is 56.7. The highest BCUT2D eigenvalue weighted by Crippen LogP contribution is 2.34. The van der Waals surface area contributed by atoms with Gasteiger partial charge in [0.25, 0.3) is 0 Å². The predicted octanol–water partition coefficient (Wildman–Crippen LogP) is 12.1. The van der Waals surface area contributed by atoms with E-state index in [0.717, 1.165) is 40.9 Å². The SMILES string of the molecule is CCCCCCCCCCCCCC[C@@H](O)[C@H](O)[C@H](CO[C@H]1OC(COCc2ccccc2)[C@@H](OCc2ccccc2)C(OCc2ccccc2)[C@H]1C)N(C(=O)OC(C)(C)C)C(=O)OC(C)(C)C. The molecule has 1 heterocycles. The average molecular weight is 948 g/mol. The van der Waals surface area contributed by atoms with Crippen molar-refractivity contribution in [2.45, 2.75) is 213 Å². The van der Waals surface area contributed by atoms with Crippen LogP contribution in [0.3, 0.4) is 0 Å². The molecule has 2 amide bonds. The molecule has 3 aromatic rings. The predicted molar refractivity (Wildman–Crippen MR) is 266 cm³/mol. The number of ether oxygens (including phenoxy) is 7. The molecule has 12 nitrogen and oxygen atoms in total. The molecule has 1 saturated heterocycles. The number of rotatable bonds is 29. The normalized spacial score (nSPS) is 20.1. The Morgan fingerprint density at radius 2 is 1.03 bits per heavy atom. The third kappa shape index (κ3) is 21.0. The van der Waals surface area contributed by atoms with E-state index in [1.165, 1.54) is 51.4 Å². The number of hydrogen-bond donors (Lipinski definition) is 2. The lowest BCUT2D eigenvalue weighted by Crippen LogP contribution is -2.60. The van der Waals surface area contributed by atoms with Gasteiger partial charge in [0.1, 0.15) is 29.5 Å². The van der Waals surface area contributed by atoms with Crippen LogP contribution in [0.25, 0.3) is 0 Å². The number of hydrogen-bond acceptors (Lipinski definition) is 11. The standard InChI is InChI=1S/C56H85NO11/c1-9-10-11-12-13-14-15-16-17-18-19-29-36-47(58)49(59)46(57(53(60)67-55(3,4)5)54(61)68-56(6,7)8)40-65-52-42(2)50(63-38-44-32-25-21-26-33-44)51(64-39-45-34-27-22-28-35-45)48(66-52)41-62-37-43-30-23-20-24-31-43/h20-28,30-35,42,46-52,58-59H,9-19,29,36-41H2,1-8H3/t42-,46+,47-,48?,49-,50?,51-,52+/m1/s1. The Morgan fingerprint density at radius 1 is 0.603 bits per heavy atom. The molecule has 4 rings (SSSR count). The van der Waals surface area contributed by atoms with E-state index in [9.17, 15) is 19.8 Å². The maximum absolute atomic E-state index is 14.1. The first-order valence-electron chi connectivity index (χ1n) is 25.4. The smallest absolute Gasteiger partial charge is 0.420 e. The van der Waals surface area contributed by atoms with Gasteiger partial charge in [-0.25, -0.2) is 14.5 Å². The molecule has 0 bridgehead atoms. The molecule has 1 aliphatic rings. The van der Waals surface area contributed by atoms with Crippen LogP contribution in [0.1, 0.15) is 156 Å². The summed E-state index contributed by atoms with van der Waals surface area (Å²) in [6, 6.07) is 28.1. The zero-order valence-electron chi connectivity index (χ0n) is 42.5. The van der Waals surface area contributed by atoms with E-state index in [1.807, 2.05) is 97.9 Å². The minimum absolute atomic E-state index is 0.123. The number of carbonyl (C=O) groups is 2. The second kappa shape index (κ2) is 30.0. The van der Waals surface area contributed by atoms with E-state index in [2.05, 4.69) is 6.92 Å². The molecule has 380 valence electrons. The second-order valence-corrected chi connectivity index (χ2v) is 20.4. The molecule has 1 fully saturated rings. The number of aliphatic hydroxyl groups excluding tert-OH is 2. The molecule has 0 saturated carbocycles. The fraction of sp³-hybridized carbons (Fsp3) is 0.643. The number of unbranched alkanes of at least 4 members (excludes halogenated alkanes) is 11. The Bertz CT molecular complexity index is 1770. The zero-order chi connectivity index (χ0) is 49.4. The van der Waals surface area contributed by atoms with E-state index in [4.69, 9.17) is 33.2 Å². The highest BCUT2D eigenvalue weighted by molar-refractivity contribution is 5.88. The molecular weight excluding hydrogens is 863 g/mol. The van der Waals surface area contributed by atoms with Crippen molar-refractivity contribution in [1.29, 1.82) is 0 Å². The Morgan fingerprint density at radius 3 is 1.49 bits per heavy atom. The summed E-state index contributed by atoms with van der Waals surface area (Å²) < 4.78 is 44.7. The van der Waals surface area contributed by atoms with E-state index < -0.39 is 78.8 Å². The van der Waals surface area contributed by atoms with Gasteiger partial charge < -0.3 is 43.4 Å². The average Bonchev–Trinajstić information content (AvgIpc) is 3.30. The first-order valence-corrected chi connectivity index (χ1v) is 25.4. The van der Waals surface area contributed by atoms with Gasteiger partial charge >= 0.3 is 12.2 Å². The Hall–Kier alpha value is -3.88. The molecule has 1 aliphatic heterocycles. The molecule has 12 heteroatoms. The lowest BCUT2D eigenvalue weighted by atomic mass is 9.91. The van der Waals surface area contributed by atoms with Gasteiger partial charge in [-0.05, 0) is 64.7 Å². The summed E-state index contributed by atoms with van der Waals surface area (Å²) in [5.74, 6) is -0.481. The van der Waals surface area contributed by atoms with E-state index in [1.54, 1.807) is 41.5 Å². The van der Waals surface area contributed by atoms with Crippen LogP contribution in [0.5, 0.6) is 0 Å². The van der Waals surface area contributed by atoms with E-state index in [0.29, 0.717) is 19.6 Å². The third-order valence-corrected chi connectivity index (χ3v) is 12.0. The minimum atomic E-state index is -1.63. The van der Waals surface area contributed by atoms with Gasteiger partial charge in [0.2, 0.25) is 0 Å². The minimum Gasteiger partial charge on any atom is -0.443 e. The van der Waals surface area contributed by atoms with Crippen LogP contribution in [0.2, 0.25) is 0 Å². The van der Waals surface area contributed by atoms with Crippen LogP contribution in [-0.4, -0.2) is 94.6 Å². The van der Waals surface area contributed by atoms with Gasteiger partial charge in [0.05, 0.1) is 51.3 Å². The molecule has 0 aromatic heterocycles. The summed E-state index contributed by atoms with van der Waals surface area (Å²) in [6.07, 6.45) is 6.16. The second-order valence-electron chi connectivity index (χ2n) is 20.4. The van der Waals surface area contributed by atoms with Crippen LogP contribution in [0, 0.1) is 5.92 Å². The van der Waals surface area contributed by atoms with Gasteiger partial charge in [-0.3, -0.25) is 0 Å². The van der Waals surface area contributed by atoms with Crippen LogP contribution in [0.4, 0.5) is 9.59 Å². The van der Waals surface area contributed by atoms with Crippen molar-refractivity contribution in [3.05, 3.63) is 108 Å². The Balaban J connectivity index is 1.59. The summed E-state index contributed by atoms with van der Waals surface area (Å²) in [5.41, 5.74) is 0.929. The number of aliphatic hydroxyl groups is 2. The molecule has 0 radical (unpaired) electrons. The maximum Gasteiger partial charge on any atom is 0.420 e. The molecule has 68 heavy (non-hydrogen) atoms. The summed E-state index contributed by atoms with van der Waals surface area (Å²) >= 11 is 0. The van der Waals surface area contributed by atoms with Crippen molar-refractivity contribution >= 4 is 12.2 Å². The quantitative estimate of drug-likeness (QED) is 0.0642. The van der Waals surface area contributed by atoms with Crippen molar-refractivity contribution in [3.63, 3.8) is 0 Å². The summed E-state index contributed by atoms with van der Waals surface area (Å²) in [4.78, 5) is 29.0. The molecule has 2 unspecified atom stereocenters. The fourth-order valence-electron chi connectivity index (χ4n) is 8.32. The van der Waals surface area contributed by atoms with Crippen molar-refractivity contribution in [2.75, 3.05) is 13.2 Å².